The SMILES string of the molecule is c1ccc2c(-c3ccc(-c4ccc5cc(-c6cccc7ccccc67)ccc5n4)cc3)cccc2c1. The number of hydrogen-bond acceptors (Lipinski definition) is 1. The van der Waals surface area contributed by atoms with Crippen molar-refractivity contribution >= 4 is 32.4 Å². The Balaban J connectivity index is 1.24. The molecule has 0 saturated carbocycles. The van der Waals surface area contributed by atoms with Crippen LogP contribution in [-0.4, -0.2) is 4.98 Å². The minimum atomic E-state index is 0.991. The topological polar surface area (TPSA) is 12.9 Å². The molecule has 6 aromatic carbocycles. The number of benzene rings is 6. The number of nitrogens with zero attached hydrogens (tertiary/aromatic N) is 1. The van der Waals surface area contributed by atoms with Crippen LogP contribution in [0, 0.1) is 0 Å². The average Bonchev–Trinajstić information content (AvgIpc) is 2.96. The zero-order valence-electron chi connectivity index (χ0n) is 19.7. The van der Waals surface area contributed by atoms with Crippen molar-refractivity contribution in [2.45, 2.75) is 0 Å². The van der Waals surface area contributed by atoms with Gasteiger partial charge >= 0.3 is 0 Å². The Labute approximate surface area is 210 Å². The molecule has 0 spiro atoms. The van der Waals surface area contributed by atoms with E-state index < -0.39 is 0 Å². The molecule has 1 aromatic heterocycles. The van der Waals surface area contributed by atoms with E-state index in [1.807, 2.05) is 0 Å². The summed E-state index contributed by atoms with van der Waals surface area (Å²) in [5, 5.41) is 6.22. The van der Waals surface area contributed by atoms with Crippen LogP contribution in [0.25, 0.3) is 66.0 Å². The molecule has 0 aliphatic rings. The average molecular weight is 458 g/mol. The highest BCUT2D eigenvalue weighted by Gasteiger charge is 2.08. The van der Waals surface area contributed by atoms with Gasteiger partial charge in [0.15, 0.2) is 0 Å². The molecule has 0 atom stereocenters. The van der Waals surface area contributed by atoms with Crippen LogP contribution < -0.4 is 0 Å². The smallest absolute Gasteiger partial charge is 0.0709 e. The van der Waals surface area contributed by atoms with Gasteiger partial charge < -0.3 is 0 Å². The van der Waals surface area contributed by atoms with E-state index in [-0.39, 0.29) is 0 Å². The third-order valence-electron chi connectivity index (χ3n) is 7.07. The van der Waals surface area contributed by atoms with Crippen molar-refractivity contribution in [3.63, 3.8) is 0 Å². The first kappa shape index (κ1) is 20.6. The summed E-state index contributed by atoms with van der Waals surface area (Å²) in [4.78, 5) is 4.99. The Morgan fingerprint density at radius 3 is 1.61 bits per heavy atom. The van der Waals surface area contributed by atoms with E-state index in [2.05, 4.69) is 140 Å². The molecule has 168 valence electrons. The highest BCUT2D eigenvalue weighted by Crippen LogP contribution is 2.33. The lowest BCUT2D eigenvalue weighted by Gasteiger charge is -2.10. The van der Waals surface area contributed by atoms with E-state index in [9.17, 15) is 0 Å². The van der Waals surface area contributed by atoms with Crippen LogP contribution in [0.4, 0.5) is 0 Å². The summed E-state index contributed by atoms with van der Waals surface area (Å²) in [6.45, 7) is 0. The summed E-state index contributed by atoms with van der Waals surface area (Å²) in [5.74, 6) is 0. The largest absolute Gasteiger partial charge is 0.248 e. The maximum atomic E-state index is 4.99. The molecule has 0 aliphatic heterocycles. The van der Waals surface area contributed by atoms with Crippen LogP contribution in [0.1, 0.15) is 0 Å². The normalized spacial score (nSPS) is 11.3. The lowest BCUT2D eigenvalue weighted by molar-refractivity contribution is 1.40. The fraction of sp³-hybridized carbons (Fsp3) is 0. The minimum Gasteiger partial charge on any atom is -0.248 e. The summed E-state index contributed by atoms with van der Waals surface area (Å²) >= 11 is 0. The Kier molecular flexibility index (Phi) is 4.85. The lowest BCUT2D eigenvalue weighted by atomic mass is 9.96. The van der Waals surface area contributed by atoms with Gasteiger partial charge in [-0.1, -0.05) is 121 Å². The molecular formula is C35H23N. The molecular weight excluding hydrogens is 434 g/mol. The lowest BCUT2D eigenvalue weighted by Crippen LogP contribution is -1.88. The number of hydrogen-bond donors (Lipinski definition) is 0. The zero-order valence-corrected chi connectivity index (χ0v) is 19.7. The van der Waals surface area contributed by atoms with Gasteiger partial charge in [-0.15, -0.1) is 0 Å². The molecule has 0 unspecified atom stereocenters. The third kappa shape index (κ3) is 3.54. The predicted molar refractivity (Wildman–Crippen MR) is 153 cm³/mol. The van der Waals surface area contributed by atoms with Gasteiger partial charge in [-0.05, 0) is 62.0 Å². The van der Waals surface area contributed by atoms with Crippen LogP contribution >= 0.6 is 0 Å². The molecule has 0 aliphatic carbocycles. The maximum Gasteiger partial charge on any atom is 0.0709 e. The molecule has 0 amide bonds. The number of fused-ring (bicyclic) bond motifs is 3. The van der Waals surface area contributed by atoms with E-state index in [4.69, 9.17) is 4.98 Å². The van der Waals surface area contributed by atoms with Gasteiger partial charge in [-0.25, -0.2) is 4.98 Å². The fourth-order valence-electron chi connectivity index (χ4n) is 5.23. The Morgan fingerprint density at radius 2 is 0.917 bits per heavy atom. The first-order chi connectivity index (χ1) is 17.8. The van der Waals surface area contributed by atoms with Gasteiger partial charge in [0.25, 0.3) is 0 Å². The fourth-order valence-corrected chi connectivity index (χ4v) is 5.23. The van der Waals surface area contributed by atoms with E-state index in [0.717, 1.165) is 22.2 Å². The molecule has 0 radical (unpaired) electrons. The van der Waals surface area contributed by atoms with Crippen LogP contribution in [0.3, 0.4) is 0 Å². The second-order valence-corrected chi connectivity index (χ2v) is 9.23. The highest BCUT2D eigenvalue weighted by atomic mass is 14.7. The zero-order chi connectivity index (χ0) is 23.9. The quantitative estimate of drug-likeness (QED) is 0.257. The molecule has 7 aromatic rings. The van der Waals surface area contributed by atoms with Crippen molar-refractivity contribution in [3.8, 4) is 33.5 Å². The van der Waals surface area contributed by atoms with Crippen molar-refractivity contribution in [2.24, 2.45) is 0 Å². The van der Waals surface area contributed by atoms with Crippen LogP contribution in [-0.2, 0) is 0 Å². The van der Waals surface area contributed by atoms with Crippen molar-refractivity contribution < 1.29 is 0 Å². The number of pyridine rings is 1. The first-order valence-electron chi connectivity index (χ1n) is 12.3. The Hall–Kier alpha value is -4.75. The van der Waals surface area contributed by atoms with Gasteiger partial charge in [-0.2, -0.15) is 0 Å². The second-order valence-electron chi connectivity index (χ2n) is 9.23. The van der Waals surface area contributed by atoms with E-state index >= 15 is 0 Å². The molecule has 1 heteroatoms. The molecule has 0 saturated heterocycles. The van der Waals surface area contributed by atoms with Crippen LogP contribution in [0.2, 0.25) is 0 Å². The summed E-state index contributed by atoms with van der Waals surface area (Å²) in [7, 11) is 0. The van der Waals surface area contributed by atoms with E-state index in [1.165, 1.54) is 43.8 Å². The predicted octanol–water partition coefficient (Wildman–Crippen LogP) is 9.54. The molecule has 7 rings (SSSR count). The number of aromatic nitrogens is 1. The van der Waals surface area contributed by atoms with E-state index in [1.54, 1.807) is 0 Å². The molecule has 0 fully saturated rings. The maximum absolute atomic E-state index is 4.99. The molecule has 36 heavy (non-hydrogen) atoms. The Morgan fingerprint density at radius 1 is 0.361 bits per heavy atom. The summed E-state index contributed by atoms with van der Waals surface area (Å²) < 4.78 is 0. The second kappa shape index (κ2) is 8.48. The van der Waals surface area contributed by atoms with Gasteiger partial charge in [0.05, 0.1) is 11.2 Å². The first-order valence-corrected chi connectivity index (χ1v) is 12.3. The number of rotatable bonds is 3. The van der Waals surface area contributed by atoms with E-state index in [0.29, 0.717) is 0 Å². The van der Waals surface area contributed by atoms with Crippen molar-refractivity contribution in [1.82, 2.24) is 4.98 Å². The monoisotopic (exact) mass is 457 g/mol. The van der Waals surface area contributed by atoms with Gasteiger partial charge in [0.2, 0.25) is 0 Å². The molecule has 0 N–H and O–H groups in total. The van der Waals surface area contributed by atoms with Crippen LogP contribution in [0.5, 0.6) is 0 Å². The van der Waals surface area contributed by atoms with Gasteiger partial charge in [0, 0.05) is 10.9 Å². The molecule has 1 nitrogen and oxygen atoms in total. The van der Waals surface area contributed by atoms with Crippen molar-refractivity contribution in [3.05, 3.63) is 140 Å². The van der Waals surface area contributed by atoms with Gasteiger partial charge in [0.1, 0.15) is 0 Å². The van der Waals surface area contributed by atoms with Crippen molar-refractivity contribution in [1.29, 1.82) is 0 Å². The minimum absolute atomic E-state index is 0.991. The van der Waals surface area contributed by atoms with Crippen molar-refractivity contribution in [2.75, 3.05) is 0 Å². The summed E-state index contributed by atoms with van der Waals surface area (Å²) in [6, 6.07) is 49.7. The molecule has 0 bridgehead atoms. The Bertz CT molecular complexity index is 1870. The van der Waals surface area contributed by atoms with Crippen LogP contribution in [0.15, 0.2) is 140 Å². The standard InChI is InChI=1S/C35H23N/c1-3-11-30-24(7-1)9-5-13-32(30)26-15-17-27(18-16-26)34-22-20-29-23-28(19-21-35(29)36-34)33-14-6-10-25-8-2-4-12-31(25)33/h1-23H. The molecule has 1 heterocycles. The van der Waals surface area contributed by atoms with Gasteiger partial charge in [-0.3, -0.25) is 0 Å². The summed E-state index contributed by atoms with van der Waals surface area (Å²) in [5.41, 5.74) is 8.07. The summed E-state index contributed by atoms with van der Waals surface area (Å²) in [6.07, 6.45) is 0. The third-order valence-corrected chi connectivity index (χ3v) is 7.07. The highest BCUT2D eigenvalue weighted by molar-refractivity contribution is 5.99.